The van der Waals surface area contributed by atoms with Crippen molar-refractivity contribution in [2.75, 3.05) is 26.3 Å². The summed E-state index contributed by atoms with van der Waals surface area (Å²) in [6.45, 7) is 1.75. The first-order valence-corrected chi connectivity index (χ1v) is 10.9. The van der Waals surface area contributed by atoms with Crippen LogP contribution in [0.15, 0.2) is 59.5 Å². The molecule has 3 N–H and O–H groups in total. The van der Waals surface area contributed by atoms with Crippen LogP contribution in [0.1, 0.15) is 6.42 Å². The molecule has 3 rings (SSSR count). The molecule has 9 nitrogen and oxygen atoms in total. The van der Waals surface area contributed by atoms with E-state index in [1.165, 1.54) is 24.3 Å². The van der Waals surface area contributed by atoms with Crippen LogP contribution in [-0.4, -0.2) is 68.1 Å². The van der Waals surface area contributed by atoms with Gasteiger partial charge in [0.2, 0.25) is 10.0 Å². The number of benzene rings is 2. The number of carboxylic acids is 1. The number of hydrogen-bond donors (Lipinski definition) is 3. The molecule has 0 radical (unpaired) electrons. The van der Waals surface area contributed by atoms with Gasteiger partial charge < -0.3 is 19.7 Å². The number of rotatable bonds is 9. The Morgan fingerprint density at radius 3 is 2.27 bits per heavy atom. The van der Waals surface area contributed by atoms with E-state index in [-0.39, 0.29) is 11.3 Å². The molecule has 0 unspecified atom stereocenters. The Bertz CT molecular complexity index is 929. The summed E-state index contributed by atoms with van der Waals surface area (Å²) in [6, 6.07) is 13.2. The van der Waals surface area contributed by atoms with Crippen LogP contribution < -0.4 is 9.46 Å². The highest BCUT2D eigenvalue weighted by molar-refractivity contribution is 7.89. The molecule has 1 fully saturated rings. The van der Waals surface area contributed by atoms with E-state index in [4.69, 9.17) is 9.47 Å². The van der Waals surface area contributed by atoms with E-state index in [9.17, 15) is 23.4 Å². The van der Waals surface area contributed by atoms with Crippen LogP contribution in [0.3, 0.4) is 0 Å². The molecule has 1 saturated heterocycles. The Morgan fingerprint density at radius 1 is 1.07 bits per heavy atom. The van der Waals surface area contributed by atoms with Crippen molar-refractivity contribution in [3.05, 3.63) is 54.6 Å². The van der Waals surface area contributed by atoms with Crippen molar-refractivity contribution >= 4 is 16.0 Å². The Balaban J connectivity index is 1.66. The molecule has 162 valence electrons. The second kappa shape index (κ2) is 10.0. The van der Waals surface area contributed by atoms with Gasteiger partial charge >= 0.3 is 5.97 Å². The van der Waals surface area contributed by atoms with E-state index in [0.717, 1.165) is 0 Å². The fraction of sp³-hybridized carbons (Fsp3) is 0.350. The second-order valence-electron chi connectivity index (χ2n) is 6.76. The predicted octanol–water partition coefficient (Wildman–Crippen LogP) is 1.25. The van der Waals surface area contributed by atoms with Crippen LogP contribution in [0, 0.1) is 0 Å². The Labute approximate surface area is 174 Å². The highest BCUT2D eigenvalue weighted by atomic mass is 32.2. The molecule has 1 heterocycles. The van der Waals surface area contributed by atoms with Gasteiger partial charge in [0.25, 0.3) is 0 Å². The molecule has 0 saturated carbocycles. The zero-order valence-electron chi connectivity index (χ0n) is 16.2. The lowest BCUT2D eigenvalue weighted by Gasteiger charge is -2.32. The van der Waals surface area contributed by atoms with Gasteiger partial charge in [0.15, 0.2) is 0 Å². The normalized spacial score (nSPS) is 17.2. The van der Waals surface area contributed by atoms with Gasteiger partial charge in [0, 0.05) is 19.5 Å². The molecule has 0 aliphatic carbocycles. The fourth-order valence-electron chi connectivity index (χ4n) is 3.00. The van der Waals surface area contributed by atoms with Gasteiger partial charge in [0.05, 0.1) is 18.1 Å². The minimum absolute atomic E-state index is 0.102. The molecule has 2 aromatic rings. The number of carboxylic acid groups (broad SMARTS) is 1. The average Bonchev–Trinajstić information content (AvgIpc) is 2.75. The summed E-state index contributed by atoms with van der Waals surface area (Å²) in [7, 11) is -4.11. The van der Waals surface area contributed by atoms with E-state index in [0.29, 0.717) is 37.8 Å². The van der Waals surface area contributed by atoms with Crippen LogP contribution in [0.4, 0.5) is 0 Å². The summed E-state index contributed by atoms with van der Waals surface area (Å²) in [4.78, 5) is 13.1. The summed E-state index contributed by atoms with van der Waals surface area (Å²) in [6.07, 6.45) is -1.39. The third kappa shape index (κ3) is 6.00. The topological polar surface area (TPSA) is 125 Å². The lowest BCUT2D eigenvalue weighted by Crippen LogP contribution is -2.49. The van der Waals surface area contributed by atoms with Crippen molar-refractivity contribution in [2.24, 2.45) is 0 Å². The number of ether oxygens (including phenoxy) is 2. The Morgan fingerprint density at radius 2 is 1.67 bits per heavy atom. The molecule has 2 atom stereocenters. The second-order valence-corrected chi connectivity index (χ2v) is 8.48. The van der Waals surface area contributed by atoms with Crippen LogP contribution in [0.5, 0.6) is 11.5 Å². The van der Waals surface area contributed by atoms with E-state index in [2.05, 4.69) is 4.72 Å². The maximum absolute atomic E-state index is 12.6. The maximum Gasteiger partial charge on any atom is 0.321 e. The minimum atomic E-state index is -4.11. The molecule has 30 heavy (non-hydrogen) atoms. The van der Waals surface area contributed by atoms with Gasteiger partial charge in [-0.3, -0.25) is 9.69 Å². The van der Waals surface area contributed by atoms with Crippen molar-refractivity contribution < 1.29 is 32.9 Å². The van der Waals surface area contributed by atoms with Crippen molar-refractivity contribution in [2.45, 2.75) is 23.6 Å². The molecule has 0 bridgehead atoms. The number of aliphatic carboxylic acids is 1. The van der Waals surface area contributed by atoms with E-state index < -0.39 is 28.3 Å². The summed E-state index contributed by atoms with van der Waals surface area (Å²) in [5.74, 6) is -0.318. The van der Waals surface area contributed by atoms with E-state index in [1.54, 1.807) is 17.0 Å². The molecule has 1 aliphatic rings. The molecule has 0 amide bonds. The third-order valence-electron chi connectivity index (χ3n) is 4.62. The number of sulfonamides is 1. The average molecular weight is 436 g/mol. The monoisotopic (exact) mass is 436 g/mol. The van der Waals surface area contributed by atoms with E-state index >= 15 is 0 Å². The van der Waals surface area contributed by atoms with Crippen LogP contribution >= 0.6 is 0 Å². The quantitative estimate of drug-likeness (QED) is 0.536. The highest BCUT2D eigenvalue weighted by Gasteiger charge is 2.30. The van der Waals surface area contributed by atoms with Crippen LogP contribution in [-0.2, 0) is 19.6 Å². The number of morpholine rings is 1. The molecule has 10 heteroatoms. The number of hydrogen-bond acceptors (Lipinski definition) is 7. The lowest BCUT2D eigenvalue weighted by atomic mass is 10.2. The third-order valence-corrected chi connectivity index (χ3v) is 6.11. The van der Waals surface area contributed by atoms with Gasteiger partial charge in [-0.25, -0.2) is 8.42 Å². The van der Waals surface area contributed by atoms with Gasteiger partial charge in [-0.2, -0.15) is 4.72 Å². The van der Waals surface area contributed by atoms with Crippen LogP contribution in [0.25, 0.3) is 0 Å². The Kier molecular flexibility index (Phi) is 7.40. The zero-order chi connectivity index (χ0) is 21.6. The first-order chi connectivity index (χ1) is 14.3. The summed E-state index contributed by atoms with van der Waals surface area (Å²) in [5.41, 5.74) is 0. The van der Waals surface area contributed by atoms with Crippen molar-refractivity contribution in [1.29, 1.82) is 0 Å². The van der Waals surface area contributed by atoms with Gasteiger partial charge in [0.1, 0.15) is 23.8 Å². The number of carbonyl (C=O) groups is 1. The van der Waals surface area contributed by atoms with E-state index in [1.807, 2.05) is 18.2 Å². The molecule has 1 aliphatic heterocycles. The summed E-state index contributed by atoms with van der Waals surface area (Å²) >= 11 is 0. The Hall–Kier alpha value is -2.50. The fourth-order valence-corrected chi connectivity index (χ4v) is 4.20. The summed E-state index contributed by atoms with van der Waals surface area (Å²) < 4.78 is 38.3. The molecular formula is C20H24N2O7S. The lowest BCUT2D eigenvalue weighted by molar-refractivity contribution is -0.141. The van der Waals surface area contributed by atoms with Crippen molar-refractivity contribution in [3.63, 3.8) is 0 Å². The van der Waals surface area contributed by atoms with Gasteiger partial charge in [-0.1, -0.05) is 18.2 Å². The number of nitrogens with zero attached hydrogens (tertiary/aromatic N) is 1. The number of aliphatic hydroxyl groups is 1. The molecule has 2 aromatic carbocycles. The molecular weight excluding hydrogens is 412 g/mol. The minimum Gasteiger partial charge on any atom is -0.480 e. The first-order valence-electron chi connectivity index (χ1n) is 9.43. The zero-order valence-corrected chi connectivity index (χ0v) is 17.0. The predicted molar refractivity (Wildman–Crippen MR) is 108 cm³/mol. The number of nitrogens with one attached hydrogen (secondary N) is 1. The SMILES string of the molecule is O=C(O)[C@@H](C[C@@H](O)N1CCOCC1)NS(=O)(=O)c1ccc(Oc2ccccc2)cc1. The highest BCUT2D eigenvalue weighted by Crippen LogP contribution is 2.23. The number of para-hydroxylation sites is 1. The van der Waals surface area contributed by atoms with Crippen molar-refractivity contribution in [3.8, 4) is 11.5 Å². The smallest absolute Gasteiger partial charge is 0.321 e. The van der Waals surface area contributed by atoms with Crippen molar-refractivity contribution in [1.82, 2.24) is 9.62 Å². The standard InChI is InChI=1S/C20H24N2O7S/c23-19(22-10-12-28-13-11-22)14-18(20(24)25)21-30(26,27)17-8-6-16(7-9-17)29-15-4-2-1-3-5-15/h1-9,18-19,21,23H,10-14H2,(H,24,25)/t18-,19-/m1/s1. The van der Waals surface area contributed by atoms with Gasteiger partial charge in [-0.05, 0) is 36.4 Å². The van der Waals surface area contributed by atoms with Crippen LogP contribution in [0.2, 0.25) is 0 Å². The first kappa shape index (κ1) is 22.2. The summed E-state index contributed by atoms with van der Waals surface area (Å²) in [5, 5.41) is 19.7. The van der Waals surface area contributed by atoms with Gasteiger partial charge in [-0.15, -0.1) is 0 Å². The largest absolute Gasteiger partial charge is 0.480 e. The maximum atomic E-state index is 12.6. The number of aliphatic hydroxyl groups excluding tert-OH is 1. The molecule has 0 spiro atoms. The molecule has 0 aromatic heterocycles.